The summed E-state index contributed by atoms with van der Waals surface area (Å²) in [7, 11) is 0. The van der Waals surface area contributed by atoms with Crippen LogP contribution >= 0.6 is 0 Å². The van der Waals surface area contributed by atoms with Gasteiger partial charge in [0, 0.05) is 12.0 Å². The highest BCUT2D eigenvalue weighted by Crippen LogP contribution is 2.30. The molecule has 0 fully saturated rings. The van der Waals surface area contributed by atoms with Gasteiger partial charge in [0.05, 0.1) is 12.2 Å². The summed E-state index contributed by atoms with van der Waals surface area (Å²) in [4.78, 5) is 9.66. The van der Waals surface area contributed by atoms with Crippen LogP contribution in [-0.4, -0.2) is 40.3 Å². The predicted molar refractivity (Wildman–Crippen MR) is 131 cm³/mol. The van der Waals surface area contributed by atoms with Crippen LogP contribution < -0.4 is 0 Å². The molecule has 8 heteroatoms. The van der Waals surface area contributed by atoms with Gasteiger partial charge in [0.15, 0.2) is 5.65 Å². The summed E-state index contributed by atoms with van der Waals surface area (Å²) in [6.45, 7) is 8.28. The lowest BCUT2D eigenvalue weighted by atomic mass is 9.98. The van der Waals surface area contributed by atoms with Gasteiger partial charge in [-0.15, -0.1) is 10.2 Å². The number of aromatic nitrogens is 7. The van der Waals surface area contributed by atoms with Crippen LogP contribution in [0.25, 0.3) is 33.7 Å². The van der Waals surface area contributed by atoms with Crippen LogP contribution in [0, 0.1) is 6.92 Å². The molecule has 5 rings (SSSR count). The van der Waals surface area contributed by atoms with Crippen molar-refractivity contribution in [3.63, 3.8) is 0 Å². The third-order valence-corrected chi connectivity index (χ3v) is 6.04. The molecule has 34 heavy (non-hydrogen) atoms. The molecule has 5 aromatic rings. The molecule has 0 aliphatic heterocycles. The number of hydrogen-bond acceptors (Lipinski definition) is 6. The normalized spacial score (nSPS) is 11.9. The van der Waals surface area contributed by atoms with E-state index in [2.05, 4.69) is 62.4 Å². The van der Waals surface area contributed by atoms with E-state index in [1.165, 1.54) is 0 Å². The number of hydrogen-bond donors (Lipinski definition) is 2. The maximum absolute atomic E-state index is 10.5. The molecule has 2 aromatic carbocycles. The van der Waals surface area contributed by atoms with Crippen LogP contribution in [0.15, 0.2) is 54.6 Å². The highest BCUT2D eigenvalue weighted by molar-refractivity contribution is 5.80. The lowest BCUT2D eigenvalue weighted by molar-refractivity contribution is 0.0741. The molecule has 0 saturated heterocycles. The van der Waals surface area contributed by atoms with Gasteiger partial charge in [0.2, 0.25) is 5.82 Å². The van der Waals surface area contributed by atoms with Crippen molar-refractivity contribution in [1.29, 1.82) is 0 Å². The second-order valence-corrected chi connectivity index (χ2v) is 9.00. The fraction of sp³-hybridized carbons (Fsp3) is 0.269. The minimum Gasteiger partial charge on any atom is -0.384 e. The largest absolute Gasteiger partial charge is 0.384 e. The van der Waals surface area contributed by atoms with Crippen molar-refractivity contribution in [2.24, 2.45) is 0 Å². The van der Waals surface area contributed by atoms with Gasteiger partial charge in [-0.1, -0.05) is 55.5 Å². The number of aryl methyl sites for hydroxylation is 2. The van der Waals surface area contributed by atoms with Gasteiger partial charge >= 0.3 is 0 Å². The summed E-state index contributed by atoms with van der Waals surface area (Å²) in [5.41, 5.74) is 6.53. The molecule has 3 heterocycles. The fourth-order valence-corrected chi connectivity index (χ4v) is 4.21. The summed E-state index contributed by atoms with van der Waals surface area (Å²) in [5, 5.41) is 25.0. The number of imidazole rings is 1. The van der Waals surface area contributed by atoms with Crippen molar-refractivity contribution in [2.75, 3.05) is 0 Å². The SMILES string of the molecule is CCc1nc2c(C)cc(C(C)(C)O)nc2n1Cc1ccc(-c2ccccc2-c2nn[nH]n2)cc1. The van der Waals surface area contributed by atoms with E-state index in [0.29, 0.717) is 18.1 Å². The van der Waals surface area contributed by atoms with Crippen LogP contribution in [-0.2, 0) is 18.6 Å². The average molecular weight is 454 g/mol. The van der Waals surface area contributed by atoms with E-state index >= 15 is 0 Å². The standard InChI is InChI=1S/C26H27N7O/c1-5-22-28-23-16(2)14-21(26(3,4)34)27-25(23)33(22)15-17-10-12-18(13-11-17)19-8-6-7-9-20(19)24-29-31-32-30-24/h6-14,34H,5,15H2,1-4H3,(H,29,30,31,32). The molecule has 0 unspecified atom stereocenters. The average Bonchev–Trinajstić information content (AvgIpc) is 3.48. The van der Waals surface area contributed by atoms with Crippen molar-refractivity contribution >= 4 is 11.2 Å². The summed E-state index contributed by atoms with van der Waals surface area (Å²) in [6, 6.07) is 18.4. The zero-order valence-corrected chi connectivity index (χ0v) is 19.7. The number of nitrogens with one attached hydrogen (secondary N) is 1. The van der Waals surface area contributed by atoms with Gasteiger partial charge in [0.25, 0.3) is 0 Å². The number of fused-ring (bicyclic) bond motifs is 1. The number of nitrogens with zero attached hydrogens (tertiary/aromatic N) is 6. The fourth-order valence-electron chi connectivity index (χ4n) is 4.21. The van der Waals surface area contributed by atoms with Gasteiger partial charge < -0.3 is 9.67 Å². The first-order valence-electron chi connectivity index (χ1n) is 11.4. The van der Waals surface area contributed by atoms with E-state index in [9.17, 15) is 5.11 Å². The molecular weight excluding hydrogens is 426 g/mol. The number of H-pyrrole nitrogens is 1. The van der Waals surface area contributed by atoms with E-state index in [0.717, 1.165) is 51.2 Å². The first kappa shape index (κ1) is 21.9. The van der Waals surface area contributed by atoms with E-state index in [-0.39, 0.29) is 0 Å². The molecule has 3 aromatic heterocycles. The van der Waals surface area contributed by atoms with Gasteiger partial charge in [-0.25, -0.2) is 9.97 Å². The lowest BCUT2D eigenvalue weighted by Gasteiger charge is -2.18. The quantitative estimate of drug-likeness (QED) is 0.394. The molecule has 0 spiro atoms. The van der Waals surface area contributed by atoms with Gasteiger partial charge in [-0.05, 0) is 54.3 Å². The van der Waals surface area contributed by atoms with Crippen molar-refractivity contribution in [3.8, 4) is 22.5 Å². The first-order valence-corrected chi connectivity index (χ1v) is 11.4. The lowest BCUT2D eigenvalue weighted by Crippen LogP contribution is -2.18. The number of rotatable bonds is 6. The monoisotopic (exact) mass is 453 g/mol. The number of aromatic amines is 1. The number of tetrazole rings is 1. The first-order chi connectivity index (χ1) is 16.3. The summed E-state index contributed by atoms with van der Waals surface area (Å²) in [5.74, 6) is 1.55. The molecule has 2 N–H and O–H groups in total. The maximum Gasteiger partial charge on any atom is 0.205 e. The van der Waals surface area contributed by atoms with Crippen LogP contribution in [0.2, 0.25) is 0 Å². The van der Waals surface area contributed by atoms with Gasteiger partial charge in [-0.2, -0.15) is 5.21 Å². The van der Waals surface area contributed by atoms with Gasteiger partial charge in [0.1, 0.15) is 16.9 Å². The number of benzene rings is 2. The topological polar surface area (TPSA) is 105 Å². The van der Waals surface area contributed by atoms with E-state index in [1.807, 2.05) is 31.2 Å². The Kier molecular flexibility index (Phi) is 5.45. The van der Waals surface area contributed by atoms with Crippen molar-refractivity contribution in [3.05, 3.63) is 77.2 Å². The van der Waals surface area contributed by atoms with Crippen LogP contribution in [0.3, 0.4) is 0 Å². The molecule has 0 saturated carbocycles. The van der Waals surface area contributed by atoms with E-state index in [1.54, 1.807) is 13.8 Å². The molecular formula is C26H27N7O. The minimum atomic E-state index is -1.02. The molecule has 0 amide bonds. The zero-order valence-electron chi connectivity index (χ0n) is 19.7. The Morgan fingerprint density at radius 3 is 2.38 bits per heavy atom. The summed E-state index contributed by atoms with van der Waals surface area (Å²) >= 11 is 0. The van der Waals surface area contributed by atoms with Gasteiger partial charge in [-0.3, -0.25) is 0 Å². The van der Waals surface area contributed by atoms with Crippen LogP contribution in [0.4, 0.5) is 0 Å². The minimum absolute atomic E-state index is 0.571. The van der Waals surface area contributed by atoms with Crippen LogP contribution in [0.5, 0.6) is 0 Å². The summed E-state index contributed by atoms with van der Waals surface area (Å²) in [6.07, 6.45) is 0.795. The van der Waals surface area contributed by atoms with E-state index in [4.69, 9.17) is 9.97 Å². The molecule has 8 nitrogen and oxygen atoms in total. The Morgan fingerprint density at radius 2 is 1.74 bits per heavy atom. The number of pyridine rings is 1. The smallest absolute Gasteiger partial charge is 0.205 e. The third kappa shape index (κ3) is 3.97. The predicted octanol–water partition coefficient (Wildman–Crippen LogP) is 4.42. The highest BCUT2D eigenvalue weighted by atomic mass is 16.3. The Morgan fingerprint density at radius 1 is 1.00 bits per heavy atom. The second kappa shape index (κ2) is 8.46. The second-order valence-electron chi connectivity index (χ2n) is 9.00. The molecule has 0 aliphatic carbocycles. The third-order valence-electron chi connectivity index (χ3n) is 6.04. The molecule has 0 bridgehead atoms. The molecule has 0 atom stereocenters. The van der Waals surface area contributed by atoms with Crippen molar-refractivity contribution in [1.82, 2.24) is 35.2 Å². The number of aliphatic hydroxyl groups is 1. The molecule has 172 valence electrons. The Balaban J connectivity index is 1.52. The Bertz CT molecular complexity index is 1450. The highest BCUT2D eigenvalue weighted by Gasteiger charge is 2.22. The summed E-state index contributed by atoms with van der Waals surface area (Å²) < 4.78 is 2.15. The van der Waals surface area contributed by atoms with Crippen molar-refractivity contribution in [2.45, 2.75) is 46.3 Å². The Labute approximate surface area is 197 Å². The Hall–Kier alpha value is -3.91. The van der Waals surface area contributed by atoms with Crippen molar-refractivity contribution < 1.29 is 5.11 Å². The van der Waals surface area contributed by atoms with E-state index < -0.39 is 5.60 Å². The zero-order chi connectivity index (χ0) is 23.9. The maximum atomic E-state index is 10.5. The molecule has 0 aliphatic rings. The molecule has 0 radical (unpaired) electrons. The van der Waals surface area contributed by atoms with Crippen LogP contribution in [0.1, 0.15) is 43.4 Å².